The van der Waals surface area contributed by atoms with Gasteiger partial charge >= 0.3 is 0 Å². The van der Waals surface area contributed by atoms with E-state index in [0.29, 0.717) is 40.8 Å². The molecule has 0 atom stereocenters. The van der Waals surface area contributed by atoms with Crippen molar-refractivity contribution >= 4 is 23.3 Å². The highest BCUT2D eigenvalue weighted by molar-refractivity contribution is 6.31. The zero-order valence-electron chi connectivity index (χ0n) is 21.6. The van der Waals surface area contributed by atoms with Crippen molar-refractivity contribution in [2.45, 2.75) is 39.5 Å². The molecule has 0 spiro atoms. The van der Waals surface area contributed by atoms with Crippen molar-refractivity contribution in [3.8, 4) is 11.3 Å². The molecule has 7 nitrogen and oxygen atoms in total. The van der Waals surface area contributed by atoms with Gasteiger partial charge in [-0.05, 0) is 50.2 Å². The molecule has 3 rings (SSSR count). The molecule has 8 heteroatoms. The molecule has 2 aromatic carbocycles. The van der Waals surface area contributed by atoms with Crippen molar-refractivity contribution in [3.63, 3.8) is 0 Å². The number of nitrogens with one attached hydrogen (secondary N) is 1. The summed E-state index contributed by atoms with van der Waals surface area (Å²) in [7, 11) is 3.82. The number of likely N-dealkylation sites (N-methyl/N-ethyl adjacent to an activating group) is 1. The SMILES string of the molecule is CC(C)Nc1nc(-c2cccc(CN(C)CCN)c2)cc(C(=O)N(C)Cc2ccccc2Cl)c1CN. The molecule has 0 saturated heterocycles. The summed E-state index contributed by atoms with van der Waals surface area (Å²) in [4.78, 5) is 22.4. The van der Waals surface area contributed by atoms with Crippen LogP contribution in [-0.4, -0.2) is 53.9 Å². The Morgan fingerprint density at radius 1 is 1.06 bits per heavy atom. The molecule has 0 aliphatic carbocycles. The van der Waals surface area contributed by atoms with E-state index in [0.717, 1.165) is 29.8 Å². The van der Waals surface area contributed by atoms with Crippen LogP contribution in [0.5, 0.6) is 0 Å². The van der Waals surface area contributed by atoms with Crippen molar-refractivity contribution in [1.82, 2.24) is 14.8 Å². The van der Waals surface area contributed by atoms with Crippen molar-refractivity contribution in [3.05, 3.63) is 81.9 Å². The first kappa shape index (κ1) is 27.6. The van der Waals surface area contributed by atoms with Crippen molar-refractivity contribution in [1.29, 1.82) is 0 Å². The summed E-state index contributed by atoms with van der Waals surface area (Å²) in [6.45, 7) is 6.84. The summed E-state index contributed by atoms with van der Waals surface area (Å²) in [6, 6.07) is 17.7. The lowest BCUT2D eigenvalue weighted by Crippen LogP contribution is -2.29. The van der Waals surface area contributed by atoms with Crippen molar-refractivity contribution < 1.29 is 4.79 Å². The van der Waals surface area contributed by atoms with E-state index >= 15 is 0 Å². The number of benzene rings is 2. The fourth-order valence-electron chi connectivity index (χ4n) is 4.11. The van der Waals surface area contributed by atoms with E-state index in [1.54, 1.807) is 11.9 Å². The van der Waals surface area contributed by atoms with Crippen molar-refractivity contribution in [2.24, 2.45) is 11.5 Å². The van der Waals surface area contributed by atoms with Gasteiger partial charge in [-0.15, -0.1) is 0 Å². The summed E-state index contributed by atoms with van der Waals surface area (Å²) < 4.78 is 0. The van der Waals surface area contributed by atoms with Gasteiger partial charge in [-0.1, -0.05) is 48.0 Å². The summed E-state index contributed by atoms with van der Waals surface area (Å²) in [5, 5.41) is 4.02. The molecule has 36 heavy (non-hydrogen) atoms. The number of aromatic nitrogens is 1. The first-order valence-electron chi connectivity index (χ1n) is 12.2. The molecule has 1 aromatic heterocycles. The van der Waals surface area contributed by atoms with Crippen LogP contribution in [0.4, 0.5) is 5.82 Å². The van der Waals surface area contributed by atoms with Crippen LogP contribution in [0, 0.1) is 0 Å². The van der Waals surface area contributed by atoms with Gasteiger partial charge < -0.3 is 26.6 Å². The highest BCUT2D eigenvalue weighted by atomic mass is 35.5. The maximum absolute atomic E-state index is 13.7. The minimum atomic E-state index is -0.135. The molecule has 0 radical (unpaired) electrons. The second kappa shape index (κ2) is 12.8. The summed E-state index contributed by atoms with van der Waals surface area (Å²) >= 11 is 6.35. The molecule has 0 fully saturated rings. The first-order valence-corrected chi connectivity index (χ1v) is 12.6. The zero-order valence-corrected chi connectivity index (χ0v) is 22.3. The number of anilines is 1. The van der Waals surface area contributed by atoms with E-state index in [9.17, 15) is 4.79 Å². The van der Waals surface area contributed by atoms with Gasteiger partial charge in [-0.25, -0.2) is 4.98 Å². The third kappa shape index (κ3) is 7.04. The number of hydrogen-bond acceptors (Lipinski definition) is 6. The highest BCUT2D eigenvalue weighted by Gasteiger charge is 2.22. The normalized spacial score (nSPS) is 11.2. The first-order chi connectivity index (χ1) is 17.2. The van der Waals surface area contributed by atoms with Crippen molar-refractivity contribution in [2.75, 3.05) is 32.5 Å². The molecule has 0 aliphatic heterocycles. The Bertz CT molecular complexity index is 1180. The number of nitrogens with two attached hydrogens (primary N) is 2. The Labute approximate surface area is 219 Å². The van der Waals surface area contributed by atoms with Crippen LogP contribution in [0.25, 0.3) is 11.3 Å². The second-order valence-electron chi connectivity index (χ2n) is 9.36. The predicted molar refractivity (Wildman–Crippen MR) is 149 cm³/mol. The monoisotopic (exact) mass is 508 g/mol. The fourth-order valence-corrected chi connectivity index (χ4v) is 4.30. The van der Waals surface area contributed by atoms with Gasteiger partial charge in [0.15, 0.2) is 0 Å². The Morgan fingerprint density at radius 2 is 1.81 bits per heavy atom. The maximum Gasteiger partial charge on any atom is 0.254 e. The Balaban J connectivity index is 2.03. The largest absolute Gasteiger partial charge is 0.368 e. The van der Waals surface area contributed by atoms with Crippen LogP contribution in [0.15, 0.2) is 54.6 Å². The minimum Gasteiger partial charge on any atom is -0.368 e. The van der Waals surface area contributed by atoms with Crippen LogP contribution >= 0.6 is 11.6 Å². The average molecular weight is 509 g/mol. The number of carbonyl (C=O) groups excluding carboxylic acids is 1. The Hall–Kier alpha value is -2.97. The third-order valence-corrected chi connectivity index (χ3v) is 6.25. The predicted octanol–water partition coefficient (Wildman–Crippen LogP) is 4.34. The van der Waals surface area contributed by atoms with E-state index in [-0.39, 0.29) is 18.5 Å². The quantitative estimate of drug-likeness (QED) is 0.356. The summed E-state index contributed by atoms with van der Waals surface area (Å²) in [5.41, 5.74) is 16.8. The molecule has 0 bridgehead atoms. The van der Waals surface area contributed by atoms with E-state index in [2.05, 4.69) is 22.3 Å². The van der Waals surface area contributed by atoms with E-state index in [1.165, 1.54) is 0 Å². The van der Waals surface area contributed by atoms with Crippen LogP contribution in [0.2, 0.25) is 5.02 Å². The van der Waals surface area contributed by atoms with Crippen LogP contribution in [0.3, 0.4) is 0 Å². The van der Waals surface area contributed by atoms with Gasteiger partial charge in [0, 0.05) is 67.5 Å². The highest BCUT2D eigenvalue weighted by Crippen LogP contribution is 2.28. The molecule has 0 aliphatic rings. The van der Waals surface area contributed by atoms with E-state index in [4.69, 9.17) is 28.1 Å². The molecular weight excluding hydrogens is 472 g/mol. The molecule has 5 N–H and O–H groups in total. The lowest BCUT2D eigenvalue weighted by atomic mass is 10.0. The number of rotatable bonds is 11. The van der Waals surface area contributed by atoms with E-state index < -0.39 is 0 Å². The van der Waals surface area contributed by atoms with Gasteiger partial charge in [-0.2, -0.15) is 0 Å². The number of pyridine rings is 1. The van der Waals surface area contributed by atoms with Gasteiger partial charge in [0.2, 0.25) is 0 Å². The van der Waals surface area contributed by atoms with Crippen LogP contribution in [-0.2, 0) is 19.6 Å². The zero-order chi connectivity index (χ0) is 26.2. The number of hydrogen-bond donors (Lipinski definition) is 3. The number of amides is 1. The lowest BCUT2D eigenvalue weighted by molar-refractivity contribution is 0.0784. The van der Waals surface area contributed by atoms with Gasteiger partial charge in [-0.3, -0.25) is 4.79 Å². The fraction of sp³-hybridized carbons (Fsp3) is 0.357. The maximum atomic E-state index is 13.7. The minimum absolute atomic E-state index is 0.123. The third-order valence-electron chi connectivity index (χ3n) is 5.88. The standard InChI is InChI=1S/C28H37ClN6O/c1-19(2)32-27-24(16-31)23(28(36)35(4)18-22-9-5-6-11-25(22)29)15-26(33-27)21-10-7-8-20(14-21)17-34(3)13-12-30/h5-11,14-15,19H,12-13,16-18,30-31H2,1-4H3,(H,32,33). The summed E-state index contributed by atoms with van der Waals surface area (Å²) in [6.07, 6.45) is 0. The smallest absolute Gasteiger partial charge is 0.254 e. The van der Waals surface area contributed by atoms with Gasteiger partial charge in [0.05, 0.1) is 5.69 Å². The molecule has 1 amide bonds. The number of carbonyl (C=O) groups is 1. The number of halogens is 1. The Morgan fingerprint density at radius 3 is 2.47 bits per heavy atom. The Kier molecular flexibility index (Phi) is 9.84. The van der Waals surface area contributed by atoms with Crippen LogP contribution < -0.4 is 16.8 Å². The molecule has 0 unspecified atom stereocenters. The lowest BCUT2D eigenvalue weighted by Gasteiger charge is -2.23. The summed E-state index contributed by atoms with van der Waals surface area (Å²) in [5.74, 6) is 0.495. The molecule has 0 saturated carbocycles. The molecule has 3 aromatic rings. The second-order valence-corrected chi connectivity index (χ2v) is 9.77. The van der Waals surface area contributed by atoms with E-state index in [1.807, 2.05) is 63.4 Å². The average Bonchev–Trinajstić information content (AvgIpc) is 2.84. The van der Waals surface area contributed by atoms with Gasteiger partial charge in [0.1, 0.15) is 5.82 Å². The van der Waals surface area contributed by atoms with Gasteiger partial charge in [0.25, 0.3) is 5.91 Å². The molecule has 1 heterocycles. The van der Waals surface area contributed by atoms with Crippen LogP contribution in [0.1, 0.15) is 40.9 Å². The molecule has 192 valence electrons. The molecular formula is C28H37ClN6O. The number of nitrogens with zero attached hydrogens (tertiary/aromatic N) is 3. The topological polar surface area (TPSA) is 101 Å².